The van der Waals surface area contributed by atoms with Crippen LogP contribution in [0.5, 0.6) is 0 Å². The lowest BCUT2D eigenvalue weighted by Gasteiger charge is -2.04. The molecule has 1 heterocycles. The van der Waals surface area contributed by atoms with Crippen molar-refractivity contribution in [1.82, 2.24) is 4.98 Å². The van der Waals surface area contributed by atoms with Crippen LogP contribution in [0.1, 0.15) is 0 Å². The average molecular weight is 286 g/mol. The number of rotatable bonds is 1. The van der Waals surface area contributed by atoms with Crippen molar-refractivity contribution in [3.63, 3.8) is 0 Å². The average Bonchev–Trinajstić information content (AvgIpc) is 2.45. The molecule has 0 unspecified atom stereocenters. The SMILES string of the molecule is Nc1c(=C(O)CO)c(=O)cc2oc3cc(=O)ccc3nc12. The van der Waals surface area contributed by atoms with E-state index >= 15 is 0 Å². The van der Waals surface area contributed by atoms with Gasteiger partial charge >= 0.3 is 0 Å². The lowest BCUT2D eigenvalue weighted by Crippen LogP contribution is -2.30. The molecular formula is C14H10N2O5. The van der Waals surface area contributed by atoms with Crippen molar-refractivity contribution in [1.29, 1.82) is 0 Å². The van der Waals surface area contributed by atoms with E-state index in [1.165, 1.54) is 18.2 Å². The summed E-state index contributed by atoms with van der Waals surface area (Å²) in [5.41, 5.74) is 5.81. The fraction of sp³-hybridized carbons (Fsp3) is 0.0714. The first kappa shape index (κ1) is 13.1. The highest BCUT2D eigenvalue weighted by atomic mass is 16.3. The topological polar surface area (TPSA) is 127 Å². The van der Waals surface area contributed by atoms with Gasteiger partial charge < -0.3 is 20.4 Å². The molecule has 0 amide bonds. The van der Waals surface area contributed by atoms with Gasteiger partial charge in [0.25, 0.3) is 0 Å². The Morgan fingerprint density at radius 2 is 2.00 bits per heavy atom. The molecule has 21 heavy (non-hydrogen) atoms. The number of nitrogen functional groups attached to an aromatic ring is 1. The molecule has 0 saturated carbocycles. The van der Waals surface area contributed by atoms with Crippen LogP contribution in [0.2, 0.25) is 0 Å². The second kappa shape index (κ2) is 4.57. The van der Waals surface area contributed by atoms with Crippen LogP contribution in [0.4, 0.5) is 5.69 Å². The number of nitrogens with two attached hydrogens (primary N) is 1. The standard InChI is InChI=1S/C14H10N2O5/c15-13-12(9(20)5-17)8(19)4-11-14(13)16-7-2-1-6(18)3-10(7)21-11/h1-4,17,20H,5,15H2. The van der Waals surface area contributed by atoms with Gasteiger partial charge in [0.15, 0.2) is 22.0 Å². The molecule has 4 N–H and O–H groups in total. The maximum atomic E-state index is 11.9. The van der Waals surface area contributed by atoms with Crippen LogP contribution in [0.3, 0.4) is 0 Å². The lowest BCUT2D eigenvalue weighted by molar-refractivity contribution is 0.302. The van der Waals surface area contributed by atoms with Crippen molar-refractivity contribution in [2.75, 3.05) is 12.3 Å². The minimum Gasteiger partial charge on any atom is -0.509 e. The molecule has 1 aromatic heterocycles. The molecule has 0 radical (unpaired) electrons. The van der Waals surface area contributed by atoms with Crippen LogP contribution in [0.15, 0.2) is 38.3 Å². The van der Waals surface area contributed by atoms with E-state index in [0.717, 1.165) is 6.07 Å². The van der Waals surface area contributed by atoms with E-state index in [1.807, 2.05) is 0 Å². The Balaban J connectivity index is 2.55. The second-order valence-corrected chi connectivity index (χ2v) is 4.46. The van der Waals surface area contributed by atoms with Gasteiger partial charge in [0, 0.05) is 12.1 Å². The predicted octanol–water partition coefficient (Wildman–Crippen LogP) is -0.339. The molecule has 3 aromatic rings. The Morgan fingerprint density at radius 1 is 1.24 bits per heavy atom. The van der Waals surface area contributed by atoms with Crippen LogP contribution in [-0.4, -0.2) is 21.8 Å². The predicted molar refractivity (Wildman–Crippen MR) is 76.8 cm³/mol. The van der Waals surface area contributed by atoms with Gasteiger partial charge in [-0.15, -0.1) is 0 Å². The molecule has 0 fully saturated rings. The number of aliphatic hydroxyl groups is 2. The molecular weight excluding hydrogens is 276 g/mol. The molecule has 0 saturated heterocycles. The summed E-state index contributed by atoms with van der Waals surface area (Å²) in [4.78, 5) is 27.5. The number of hydrogen-bond donors (Lipinski definition) is 3. The summed E-state index contributed by atoms with van der Waals surface area (Å²) in [6, 6.07) is 5.16. The van der Waals surface area contributed by atoms with E-state index in [2.05, 4.69) is 4.98 Å². The van der Waals surface area contributed by atoms with Gasteiger partial charge in [-0.3, -0.25) is 9.59 Å². The first-order valence-electron chi connectivity index (χ1n) is 6.01. The summed E-state index contributed by atoms with van der Waals surface area (Å²) < 4.78 is 5.46. The second-order valence-electron chi connectivity index (χ2n) is 4.46. The monoisotopic (exact) mass is 286 g/mol. The third-order valence-corrected chi connectivity index (χ3v) is 3.09. The summed E-state index contributed by atoms with van der Waals surface area (Å²) >= 11 is 0. The highest BCUT2D eigenvalue weighted by Crippen LogP contribution is 2.19. The van der Waals surface area contributed by atoms with Crippen LogP contribution >= 0.6 is 0 Å². The number of nitrogens with zero attached hydrogens (tertiary/aromatic N) is 1. The number of anilines is 1. The summed E-state index contributed by atoms with van der Waals surface area (Å²) in [5, 5.41) is 18.3. The van der Waals surface area contributed by atoms with Gasteiger partial charge in [-0.05, 0) is 12.1 Å². The van der Waals surface area contributed by atoms with E-state index in [-0.39, 0.29) is 33.0 Å². The quantitative estimate of drug-likeness (QED) is 0.412. The highest BCUT2D eigenvalue weighted by Gasteiger charge is 2.12. The van der Waals surface area contributed by atoms with E-state index in [9.17, 15) is 14.7 Å². The van der Waals surface area contributed by atoms with Crippen molar-refractivity contribution in [2.24, 2.45) is 0 Å². The summed E-state index contributed by atoms with van der Waals surface area (Å²) in [6.07, 6.45) is 0. The first-order chi connectivity index (χ1) is 10.0. The molecule has 3 rings (SSSR count). The van der Waals surface area contributed by atoms with Crippen molar-refractivity contribution in [3.8, 4) is 0 Å². The Kier molecular flexibility index (Phi) is 2.84. The number of aromatic nitrogens is 1. The van der Waals surface area contributed by atoms with Crippen molar-refractivity contribution in [2.45, 2.75) is 0 Å². The molecule has 7 heteroatoms. The van der Waals surface area contributed by atoms with Crippen molar-refractivity contribution < 1.29 is 14.6 Å². The first-order valence-corrected chi connectivity index (χ1v) is 6.01. The zero-order valence-corrected chi connectivity index (χ0v) is 10.7. The summed E-state index contributed by atoms with van der Waals surface area (Å²) in [7, 11) is 0. The zero-order chi connectivity index (χ0) is 15.1. The van der Waals surface area contributed by atoms with Crippen molar-refractivity contribution >= 4 is 33.6 Å². The van der Waals surface area contributed by atoms with Gasteiger partial charge in [0.2, 0.25) is 0 Å². The molecule has 0 spiro atoms. The number of aliphatic hydroxyl groups excluding tert-OH is 2. The smallest absolute Gasteiger partial charge is 0.195 e. The zero-order valence-electron chi connectivity index (χ0n) is 10.7. The van der Waals surface area contributed by atoms with Crippen LogP contribution in [0.25, 0.3) is 28.0 Å². The van der Waals surface area contributed by atoms with E-state index in [0.29, 0.717) is 5.52 Å². The normalized spacial score (nSPS) is 12.8. The van der Waals surface area contributed by atoms with E-state index < -0.39 is 17.8 Å². The highest BCUT2D eigenvalue weighted by molar-refractivity contribution is 5.90. The Bertz CT molecular complexity index is 1040. The molecule has 2 aromatic carbocycles. The summed E-state index contributed by atoms with van der Waals surface area (Å²) in [6.45, 7) is -0.713. The third kappa shape index (κ3) is 2.00. The Hall–Kier alpha value is -2.93. The lowest BCUT2D eigenvalue weighted by atomic mass is 10.2. The van der Waals surface area contributed by atoms with Crippen LogP contribution < -0.4 is 21.8 Å². The maximum Gasteiger partial charge on any atom is 0.195 e. The largest absolute Gasteiger partial charge is 0.509 e. The molecule has 0 aliphatic heterocycles. The Labute approximate surface area is 116 Å². The minimum atomic E-state index is -0.713. The third-order valence-electron chi connectivity index (χ3n) is 3.09. The van der Waals surface area contributed by atoms with Crippen molar-refractivity contribution in [3.05, 3.63) is 49.9 Å². The maximum absolute atomic E-state index is 11.9. The fourth-order valence-electron chi connectivity index (χ4n) is 2.12. The number of benzene rings is 2. The van der Waals surface area contributed by atoms with Gasteiger partial charge in [0.1, 0.15) is 23.4 Å². The molecule has 0 bridgehead atoms. The number of hydrogen-bond acceptors (Lipinski definition) is 7. The van der Waals surface area contributed by atoms with Gasteiger partial charge in [-0.25, -0.2) is 4.98 Å². The molecule has 7 nitrogen and oxygen atoms in total. The Morgan fingerprint density at radius 3 is 2.71 bits per heavy atom. The molecule has 0 atom stereocenters. The molecule has 0 aliphatic rings. The minimum absolute atomic E-state index is 0.0825. The summed E-state index contributed by atoms with van der Waals surface area (Å²) in [5.74, 6) is -0.531. The molecule has 0 aliphatic carbocycles. The van der Waals surface area contributed by atoms with Crippen LogP contribution in [-0.2, 0) is 0 Å². The molecule has 106 valence electrons. The number of fused-ring (bicyclic) bond motifs is 2. The fourth-order valence-corrected chi connectivity index (χ4v) is 2.12. The van der Waals surface area contributed by atoms with E-state index in [1.54, 1.807) is 0 Å². The van der Waals surface area contributed by atoms with Gasteiger partial charge in [-0.2, -0.15) is 0 Å². The van der Waals surface area contributed by atoms with E-state index in [4.69, 9.17) is 15.3 Å². The van der Waals surface area contributed by atoms with Gasteiger partial charge in [-0.1, -0.05) is 0 Å². The van der Waals surface area contributed by atoms with Gasteiger partial charge in [0.05, 0.1) is 10.9 Å². The van der Waals surface area contributed by atoms with Crippen LogP contribution in [0, 0.1) is 0 Å².